The first-order chi connectivity index (χ1) is 11.8. The van der Waals surface area contributed by atoms with Gasteiger partial charge >= 0.3 is 0 Å². The van der Waals surface area contributed by atoms with E-state index in [2.05, 4.69) is 10.3 Å². The second-order valence-electron chi connectivity index (χ2n) is 7.01. The summed E-state index contributed by atoms with van der Waals surface area (Å²) in [5.41, 5.74) is 1.54. The molecule has 1 aliphatic heterocycles. The Hall–Kier alpha value is -2.89. The molecule has 3 rings (SSSR count). The topological polar surface area (TPSA) is 71.5 Å². The maximum absolute atomic E-state index is 12.4. The van der Waals surface area contributed by atoms with Gasteiger partial charge in [-0.1, -0.05) is 30.3 Å². The lowest BCUT2D eigenvalue weighted by atomic mass is 10.1. The number of fused-ring (bicyclic) bond motifs is 1. The summed E-state index contributed by atoms with van der Waals surface area (Å²) in [6.07, 6.45) is 1.47. The van der Waals surface area contributed by atoms with Crippen LogP contribution >= 0.6 is 0 Å². The van der Waals surface area contributed by atoms with Crippen LogP contribution in [0.4, 0.5) is 5.69 Å². The lowest BCUT2D eigenvalue weighted by molar-refractivity contribution is -0.121. The molecule has 2 aromatic rings. The first-order valence-corrected chi connectivity index (χ1v) is 8.13. The molecule has 130 valence electrons. The van der Waals surface area contributed by atoms with E-state index in [1.54, 1.807) is 11.0 Å². The van der Waals surface area contributed by atoms with Crippen LogP contribution in [-0.2, 0) is 11.3 Å². The maximum Gasteiger partial charge on any atom is 0.265 e. The van der Waals surface area contributed by atoms with Gasteiger partial charge in [-0.15, -0.1) is 0 Å². The molecule has 1 N–H and O–H groups in total. The Bertz CT molecular complexity index is 797. The predicted molar refractivity (Wildman–Crippen MR) is 94.6 cm³/mol. The Balaban J connectivity index is 1.92. The third-order valence-electron chi connectivity index (χ3n) is 3.69. The van der Waals surface area contributed by atoms with Gasteiger partial charge in [0.2, 0.25) is 5.88 Å². The summed E-state index contributed by atoms with van der Waals surface area (Å²) in [6, 6.07) is 11.3. The molecule has 0 fully saturated rings. The van der Waals surface area contributed by atoms with Gasteiger partial charge in [0, 0.05) is 11.7 Å². The van der Waals surface area contributed by atoms with Crippen LogP contribution in [0.15, 0.2) is 42.6 Å². The van der Waals surface area contributed by atoms with Crippen molar-refractivity contribution in [1.29, 1.82) is 0 Å². The molecular formula is C19H21N3O3. The number of rotatable bonds is 3. The lowest BCUT2D eigenvalue weighted by Crippen LogP contribution is -2.41. The van der Waals surface area contributed by atoms with Gasteiger partial charge in [-0.2, -0.15) is 0 Å². The van der Waals surface area contributed by atoms with E-state index in [-0.39, 0.29) is 24.0 Å². The normalized spacial score (nSPS) is 13.9. The number of hydrogen-bond donors (Lipinski definition) is 1. The molecule has 6 nitrogen and oxygen atoms in total. The molecule has 6 heteroatoms. The maximum atomic E-state index is 12.4. The van der Waals surface area contributed by atoms with Crippen LogP contribution in [0.5, 0.6) is 5.88 Å². The molecule has 0 radical (unpaired) electrons. The van der Waals surface area contributed by atoms with Crippen molar-refractivity contribution < 1.29 is 14.3 Å². The highest BCUT2D eigenvalue weighted by Gasteiger charge is 2.28. The first kappa shape index (κ1) is 17.0. The van der Waals surface area contributed by atoms with E-state index in [9.17, 15) is 9.59 Å². The van der Waals surface area contributed by atoms with Gasteiger partial charge in [0.1, 0.15) is 5.69 Å². The van der Waals surface area contributed by atoms with E-state index >= 15 is 0 Å². The van der Waals surface area contributed by atoms with Crippen LogP contribution in [0, 0.1) is 0 Å². The van der Waals surface area contributed by atoms with E-state index < -0.39 is 0 Å². The highest BCUT2D eigenvalue weighted by Crippen LogP contribution is 2.32. The standard InChI is InChI=1S/C19H21N3O3/c1-19(2,3)21-17(24)14-9-15-18(20-10-14)25-12-16(23)22(15)11-13-7-5-4-6-8-13/h4-10H,11-12H2,1-3H3,(H,21,24). The third-order valence-corrected chi connectivity index (χ3v) is 3.69. The van der Waals surface area contributed by atoms with Gasteiger partial charge in [0.05, 0.1) is 12.1 Å². The van der Waals surface area contributed by atoms with Crippen LogP contribution in [0.25, 0.3) is 0 Å². The van der Waals surface area contributed by atoms with Crippen molar-refractivity contribution in [3.63, 3.8) is 0 Å². The van der Waals surface area contributed by atoms with Gasteiger partial charge in [-0.05, 0) is 32.4 Å². The number of nitrogens with one attached hydrogen (secondary N) is 1. The van der Waals surface area contributed by atoms with Crippen molar-refractivity contribution in [2.24, 2.45) is 0 Å². The Morgan fingerprint density at radius 3 is 2.68 bits per heavy atom. The smallest absolute Gasteiger partial charge is 0.265 e. The molecule has 2 amide bonds. The van der Waals surface area contributed by atoms with Gasteiger partial charge in [0.25, 0.3) is 11.8 Å². The molecule has 1 aromatic carbocycles. The molecule has 25 heavy (non-hydrogen) atoms. The fourth-order valence-corrected chi connectivity index (χ4v) is 2.56. The number of ether oxygens (including phenoxy) is 1. The zero-order valence-corrected chi connectivity index (χ0v) is 14.6. The average molecular weight is 339 g/mol. The number of hydrogen-bond acceptors (Lipinski definition) is 4. The Labute approximate surface area is 146 Å². The van der Waals surface area contributed by atoms with Gasteiger partial charge < -0.3 is 15.0 Å². The molecule has 0 aliphatic carbocycles. The number of anilines is 1. The molecule has 1 aliphatic rings. The predicted octanol–water partition coefficient (Wildman–Crippen LogP) is 2.54. The number of carbonyl (C=O) groups is 2. The van der Waals surface area contributed by atoms with Crippen molar-refractivity contribution in [3.05, 3.63) is 53.7 Å². The van der Waals surface area contributed by atoms with Gasteiger partial charge in [-0.25, -0.2) is 4.98 Å². The highest BCUT2D eigenvalue weighted by molar-refractivity contribution is 6.00. The van der Waals surface area contributed by atoms with Crippen molar-refractivity contribution in [2.75, 3.05) is 11.5 Å². The van der Waals surface area contributed by atoms with E-state index in [1.807, 2.05) is 51.1 Å². The summed E-state index contributed by atoms with van der Waals surface area (Å²) in [5.74, 6) is -0.0325. The van der Waals surface area contributed by atoms with E-state index in [1.165, 1.54) is 6.20 Å². The van der Waals surface area contributed by atoms with Gasteiger partial charge in [0.15, 0.2) is 6.61 Å². The molecule has 0 spiro atoms. The zero-order chi connectivity index (χ0) is 18.0. The molecule has 0 saturated heterocycles. The van der Waals surface area contributed by atoms with E-state index in [0.717, 1.165) is 5.56 Å². The number of pyridine rings is 1. The molecule has 0 bridgehead atoms. The minimum atomic E-state index is -0.358. The SMILES string of the molecule is CC(C)(C)NC(=O)c1cnc2c(c1)N(Cc1ccccc1)C(=O)CO2. The molecule has 1 aromatic heterocycles. The summed E-state index contributed by atoms with van der Waals surface area (Å²) in [6.45, 7) is 6.07. The fourth-order valence-electron chi connectivity index (χ4n) is 2.56. The molecular weight excluding hydrogens is 318 g/mol. The van der Waals surface area contributed by atoms with Crippen molar-refractivity contribution in [2.45, 2.75) is 32.9 Å². The zero-order valence-electron chi connectivity index (χ0n) is 14.6. The Kier molecular flexibility index (Phi) is 4.44. The largest absolute Gasteiger partial charge is 0.466 e. The number of nitrogens with zero attached hydrogens (tertiary/aromatic N) is 2. The van der Waals surface area contributed by atoms with Crippen LogP contribution in [-0.4, -0.2) is 28.9 Å². The van der Waals surface area contributed by atoms with Crippen LogP contribution in [0.3, 0.4) is 0 Å². The van der Waals surface area contributed by atoms with Crippen molar-refractivity contribution in [1.82, 2.24) is 10.3 Å². The van der Waals surface area contributed by atoms with Crippen molar-refractivity contribution in [3.8, 4) is 5.88 Å². The fraction of sp³-hybridized carbons (Fsp3) is 0.316. The molecule has 0 saturated carbocycles. The quantitative estimate of drug-likeness (QED) is 0.933. The second kappa shape index (κ2) is 6.55. The van der Waals surface area contributed by atoms with Crippen molar-refractivity contribution >= 4 is 17.5 Å². The molecule has 0 unspecified atom stereocenters. The van der Waals surface area contributed by atoms with E-state index in [4.69, 9.17) is 4.74 Å². The Morgan fingerprint density at radius 2 is 2.00 bits per heavy atom. The van der Waals surface area contributed by atoms with Crippen LogP contribution in [0.2, 0.25) is 0 Å². The second-order valence-corrected chi connectivity index (χ2v) is 7.01. The first-order valence-electron chi connectivity index (χ1n) is 8.13. The summed E-state index contributed by atoms with van der Waals surface area (Å²) >= 11 is 0. The minimum absolute atomic E-state index is 0.0552. The lowest BCUT2D eigenvalue weighted by Gasteiger charge is -2.29. The Morgan fingerprint density at radius 1 is 1.28 bits per heavy atom. The van der Waals surface area contributed by atoms with Gasteiger partial charge in [-0.3, -0.25) is 9.59 Å². The van der Waals surface area contributed by atoms with Crippen LogP contribution in [0.1, 0.15) is 36.7 Å². The summed E-state index contributed by atoms with van der Waals surface area (Å²) in [5, 5.41) is 2.89. The highest BCUT2D eigenvalue weighted by atomic mass is 16.5. The molecule has 0 atom stereocenters. The minimum Gasteiger partial charge on any atom is -0.466 e. The average Bonchev–Trinajstić information content (AvgIpc) is 2.56. The summed E-state index contributed by atoms with van der Waals surface area (Å²) in [7, 11) is 0. The number of benzene rings is 1. The number of amides is 2. The summed E-state index contributed by atoms with van der Waals surface area (Å²) < 4.78 is 5.41. The number of carbonyl (C=O) groups excluding carboxylic acids is 2. The monoisotopic (exact) mass is 339 g/mol. The summed E-state index contributed by atoms with van der Waals surface area (Å²) in [4.78, 5) is 30.6. The number of aromatic nitrogens is 1. The molecule has 2 heterocycles. The van der Waals surface area contributed by atoms with E-state index in [0.29, 0.717) is 23.7 Å². The third kappa shape index (κ3) is 3.96. The van der Waals surface area contributed by atoms with Crippen LogP contribution < -0.4 is 15.0 Å².